The van der Waals surface area contributed by atoms with Crippen molar-refractivity contribution >= 4 is 34.0 Å². The summed E-state index contributed by atoms with van der Waals surface area (Å²) in [6.07, 6.45) is -2.54. The Morgan fingerprint density at radius 3 is 1.80 bits per heavy atom. The van der Waals surface area contributed by atoms with E-state index in [1.165, 1.54) is 23.5 Å². The lowest BCUT2D eigenvalue weighted by Gasteiger charge is -2.37. The van der Waals surface area contributed by atoms with Gasteiger partial charge in [-0.2, -0.15) is 0 Å². The molecule has 0 radical (unpaired) electrons. The van der Waals surface area contributed by atoms with Crippen LogP contribution in [0.4, 0.5) is 20.4 Å². The Morgan fingerprint density at radius 2 is 1.24 bits per heavy atom. The van der Waals surface area contributed by atoms with E-state index in [0.29, 0.717) is 34.6 Å². The number of benzene rings is 4. The van der Waals surface area contributed by atoms with Crippen LogP contribution in [0.1, 0.15) is 48.1 Å². The second kappa shape index (κ2) is 19.3. The number of fused-ring (bicyclic) bond motifs is 2. The molecule has 8 aromatic rings. The molecule has 8 atom stereocenters. The van der Waals surface area contributed by atoms with Gasteiger partial charge in [0.1, 0.15) is 47.8 Å². The topological polar surface area (TPSA) is 203 Å². The van der Waals surface area contributed by atoms with Gasteiger partial charge in [-0.1, -0.05) is 110 Å². The van der Waals surface area contributed by atoms with E-state index in [4.69, 9.17) is 39.8 Å². The van der Waals surface area contributed by atoms with E-state index in [1.54, 1.807) is 18.0 Å². The van der Waals surface area contributed by atoms with Crippen molar-refractivity contribution in [1.29, 1.82) is 0 Å². The van der Waals surface area contributed by atoms with Gasteiger partial charge in [0.2, 0.25) is 0 Å². The predicted molar refractivity (Wildman–Crippen MR) is 240 cm³/mol. The number of nitrogen functional groups attached to an aromatic ring is 1. The molecule has 2 aliphatic rings. The molecule has 2 fully saturated rings. The van der Waals surface area contributed by atoms with Crippen molar-refractivity contribution < 1.29 is 37.9 Å². The van der Waals surface area contributed by atoms with E-state index < -0.39 is 61.4 Å². The molecular formula is C48H48F2N10O6. The summed E-state index contributed by atoms with van der Waals surface area (Å²) in [5.74, 6) is 1.46. The average Bonchev–Trinajstić information content (AvgIpc) is 4.15. The summed E-state index contributed by atoms with van der Waals surface area (Å²) < 4.78 is 55.7. The molecule has 0 saturated carbocycles. The first kappa shape index (κ1) is 44.3. The maximum Gasteiger partial charge on any atom is 0.167 e. The number of ether oxygens (including phenoxy) is 4. The molecule has 0 aliphatic carbocycles. The summed E-state index contributed by atoms with van der Waals surface area (Å²) >= 11 is 0. The Kier molecular flexibility index (Phi) is 12.9. The highest BCUT2D eigenvalue weighted by molar-refractivity contribution is 5.84. The van der Waals surface area contributed by atoms with Gasteiger partial charge in [0.25, 0.3) is 0 Å². The summed E-state index contributed by atoms with van der Waals surface area (Å²) in [5.41, 5.74) is 10.5. The molecule has 4 aromatic heterocycles. The smallest absolute Gasteiger partial charge is 0.167 e. The van der Waals surface area contributed by atoms with E-state index in [2.05, 4.69) is 61.7 Å². The molecule has 6 heterocycles. The van der Waals surface area contributed by atoms with Crippen molar-refractivity contribution in [3.05, 3.63) is 163 Å². The third kappa shape index (κ3) is 8.29. The lowest BCUT2D eigenvalue weighted by atomic mass is 9.77. The van der Waals surface area contributed by atoms with Crippen molar-refractivity contribution in [3.63, 3.8) is 0 Å². The molecule has 5 N–H and O–H groups in total. The van der Waals surface area contributed by atoms with E-state index in [-0.39, 0.29) is 12.4 Å². The summed E-state index contributed by atoms with van der Waals surface area (Å²) in [4.78, 5) is 25.9. The average molecular weight is 899 g/mol. The number of aromatic nitrogens is 8. The van der Waals surface area contributed by atoms with Crippen LogP contribution in [0.3, 0.4) is 0 Å². The van der Waals surface area contributed by atoms with Crippen LogP contribution in [0, 0.1) is 0 Å². The number of aliphatic hydroxyl groups excluding tert-OH is 2. The first-order valence-corrected chi connectivity index (χ1v) is 21.4. The first-order valence-electron chi connectivity index (χ1n) is 21.4. The number of hydrogen-bond donors (Lipinski definition) is 4. The van der Waals surface area contributed by atoms with E-state index >= 15 is 4.39 Å². The fourth-order valence-corrected chi connectivity index (χ4v) is 8.56. The Hall–Kier alpha value is -6.96. The van der Waals surface area contributed by atoms with E-state index in [9.17, 15) is 9.50 Å². The number of hydrogen-bond acceptors (Lipinski definition) is 14. The molecule has 2 aliphatic heterocycles. The molecule has 66 heavy (non-hydrogen) atoms. The molecule has 4 aromatic carbocycles. The molecule has 16 nitrogen and oxygen atoms in total. The zero-order valence-electron chi connectivity index (χ0n) is 36.0. The zero-order valence-corrected chi connectivity index (χ0v) is 36.0. The summed E-state index contributed by atoms with van der Waals surface area (Å²) in [6.45, 7) is 1.61. The van der Waals surface area contributed by atoms with Gasteiger partial charge in [-0.15, -0.1) is 0 Å². The van der Waals surface area contributed by atoms with Crippen molar-refractivity contribution in [1.82, 2.24) is 39.0 Å². The van der Waals surface area contributed by atoms with Gasteiger partial charge in [-0.25, -0.2) is 38.7 Å². The van der Waals surface area contributed by atoms with E-state index in [1.807, 2.05) is 85.8 Å². The fraction of sp³-hybridized carbons (Fsp3) is 0.292. The number of aliphatic hydroxyl groups is 2. The standard InChI is InChI=1S/C38H36FN5O3.C10H12FN5O3/c1-3-31-32(39)34(46-23-26-19-21-30(45-2)22-20-26)37(47-31)44-25-42-33-35(40-24-41-36(33)44)43-38(27-13-7-4-8-14-27,28-15-9-5-10-16-28)29-17-11-6-12-18-29;11-5-4(1-17)19-10(7(5)18)16-3-15-6-8(12)13-2-14-9(6)16/h4-22,24-25,31-32,34,37H,3,23H2,1-2H3,(H,40,41,43);2-5,7,10,17-18H,1H2,(H2,12,13,14)/t31-,32?,34+,37-;4-,5?,7+,10-/m11/s1. The Balaban J connectivity index is 0.000000239. The van der Waals surface area contributed by atoms with Crippen LogP contribution in [0.25, 0.3) is 22.3 Å². The van der Waals surface area contributed by atoms with E-state index in [0.717, 1.165) is 28.0 Å². The lowest BCUT2D eigenvalue weighted by Crippen LogP contribution is -2.38. The quantitative estimate of drug-likeness (QED) is 0.0918. The van der Waals surface area contributed by atoms with Crippen molar-refractivity contribution in [2.75, 3.05) is 24.8 Å². The Bertz CT molecular complexity index is 2750. The van der Waals surface area contributed by atoms with Gasteiger partial charge < -0.3 is 40.2 Å². The lowest BCUT2D eigenvalue weighted by molar-refractivity contribution is -0.0692. The number of imidazole rings is 2. The molecule has 0 amide bonds. The fourth-order valence-electron chi connectivity index (χ4n) is 8.56. The zero-order chi connectivity index (χ0) is 45.8. The Labute approximate surface area is 378 Å². The minimum atomic E-state index is -1.67. The van der Waals surface area contributed by atoms with Crippen LogP contribution in [0.5, 0.6) is 5.75 Å². The SMILES string of the molecule is CC[C@H]1O[C@@H](n2cnc3c(NC(c4ccccc4)(c4ccccc4)c4ccccc4)ncnc32)[C@@H](OCc2ccc(OC)cc2)C1F.Nc1ncnc2c1ncn2[C@@H]1O[C@H](CO)C(F)[C@@H]1O. The molecule has 10 rings (SSSR count). The van der Waals surface area contributed by atoms with Crippen molar-refractivity contribution in [2.45, 2.75) is 74.7 Å². The summed E-state index contributed by atoms with van der Waals surface area (Å²) in [6, 6.07) is 38.4. The summed E-state index contributed by atoms with van der Waals surface area (Å²) in [5, 5.41) is 22.6. The minimum absolute atomic E-state index is 0.187. The predicted octanol–water partition coefficient (Wildman–Crippen LogP) is 6.47. The molecule has 18 heteroatoms. The maximum absolute atomic E-state index is 15.8. The van der Waals surface area contributed by atoms with Gasteiger partial charge in [-0.05, 0) is 40.8 Å². The van der Waals surface area contributed by atoms with Gasteiger partial charge >= 0.3 is 0 Å². The number of rotatable bonds is 13. The number of nitrogens with one attached hydrogen (secondary N) is 1. The molecule has 2 saturated heterocycles. The number of anilines is 2. The summed E-state index contributed by atoms with van der Waals surface area (Å²) in [7, 11) is 1.62. The van der Waals surface area contributed by atoms with Crippen LogP contribution in [0.2, 0.25) is 0 Å². The second-order valence-corrected chi connectivity index (χ2v) is 15.8. The number of nitrogens with two attached hydrogens (primary N) is 1. The third-order valence-corrected chi connectivity index (χ3v) is 12.0. The minimum Gasteiger partial charge on any atom is -0.497 e. The molecule has 0 spiro atoms. The molecule has 340 valence electrons. The number of methoxy groups -OCH3 is 1. The molecular weight excluding hydrogens is 851 g/mol. The normalized spacial score (nSPS) is 22.9. The van der Waals surface area contributed by atoms with Gasteiger partial charge in [0.15, 0.2) is 53.2 Å². The van der Waals surface area contributed by atoms with Gasteiger partial charge in [0, 0.05) is 0 Å². The largest absolute Gasteiger partial charge is 0.497 e. The van der Waals surface area contributed by atoms with Crippen molar-refractivity contribution in [2.24, 2.45) is 0 Å². The van der Waals surface area contributed by atoms with Crippen LogP contribution < -0.4 is 15.8 Å². The Morgan fingerprint density at radius 1 is 0.697 bits per heavy atom. The van der Waals surface area contributed by atoms with Crippen LogP contribution in [-0.4, -0.2) is 99.7 Å². The van der Waals surface area contributed by atoms with Crippen LogP contribution in [0.15, 0.2) is 141 Å². The first-order chi connectivity index (χ1) is 32.2. The molecule has 0 bridgehead atoms. The highest BCUT2D eigenvalue weighted by atomic mass is 19.1. The van der Waals surface area contributed by atoms with Gasteiger partial charge in [0.05, 0.1) is 39.1 Å². The number of halogens is 2. The second-order valence-electron chi connectivity index (χ2n) is 15.8. The maximum atomic E-state index is 15.8. The van der Waals surface area contributed by atoms with Gasteiger partial charge in [-0.3, -0.25) is 9.13 Å². The monoisotopic (exact) mass is 898 g/mol. The number of nitrogens with zero attached hydrogens (tertiary/aromatic N) is 8. The van der Waals surface area contributed by atoms with Crippen LogP contribution >= 0.6 is 0 Å². The molecule has 2 unspecified atom stereocenters. The highest BCUT2D eigenvalue weighted by Gasteiger charge is 2.48. The number of alkyl halides is 2. The third-order valence-electron chi connectivity index (χ3n) is 12.0. The van der Waals surface area contributed by atoms with Crippen LogP contribution in [-0.2, 0) is 26.4 Å². The highest BCUT2D eigenvalue weighted by Crippen LogP contribution is 2.42. The van der Waals surface area contributed by atoms with Crippen molar-refractivity contribution in [3.8, 4) is 5.75 Å².